The van der Waals surface area contributed by atoms with Crippen LogP contribution in [0.4, 0.5) is 16.5 Å². The molecule has 0 bridgehead atoms. The summed E-state index contributed by atoms with van der Waals surface area (Å²) in [4.78, 5) is 29.9. The summed E-state index contributed by atoms with van der Waals surface area (Å²) in [5.41, 5.74) is 7.80. The van der Waals surface area contributed by atoms with Crippen LogP contribution in [-0.4, -0.2) is 36.2 Å². The number of para-hydroxylation sites is 1. The fourth-order valence-corrected chi connectivity index (χ4v) is 5.70. The summed E-state index contributed by atoms with van der Waals surface area (Å²) in [7, 11) is 0. The van der Waals surface area contributed by atoms with Gasteiger partial charge < -0.3 is 20.1 Å². The first-order chi connectivity index (χ1) is 22.3. The number of hydrogen-bond donors (Lipinski definition) is 3. The maximum atomic E-state index is 12.7. The lowest BCUT2D eigenvalue weighted by Gasteiger charge is -2.14. The molecule has 3 N–H and O–H groups in total. The molecule has 0 aliphatic heterocycles. The van der Waals surface area contributed by atoms with Gasteiger partial charge in [-0.3, -0.25) is 9.59 Å². The number of aryl methyl sites for hydroxylation is 1. The Morgan fingerprint density at radius 3 is 2.52 bits per heavy atom. The highest BCUT2D eigenvalue weighted by atomic mass is 79.9. The third-order valence-electron chi connectivity index (χ3n) is 6.49. The number of aromatic nitrogens is 1. The van der Waals surface area contributed by atoms with Crippen LogP contribution in [0, 0.1) is 6.92 Å². The molecule has 5 aromatic rings. The van der Waals surface area contributed by atoms with Gasteiger partial charge in [0.25, 0.3) is 11.8 Å². The molecule has 46 heavy (non-hydrogen) atoms. The van der Waals surface area contributed by atoms with Gasteiger partial charge in [-0.2, -0.15) is 5.10 Å². The van der Waals surface area contributed by atoms with Crippen LogP contribution in [-0.2, 0) is 4.79 Å². The number of ether oxygens (including phenoxy) is 2. The third-order valence-corrected chi connectivity index (χ3v) is 8.24. The number of hydrazone groups is 1. The molecular formula is C34H29BrClN5O4S. The lowest BCUT2D eigenvalue weighted by atomic mass is 10.1. The van der Waals surface area contributed by atoms with Crippen molar-refractivity contribution in [3.63, 3.8) is 0 Å². The largest absolute Gasteiger partial charge is 0.490 e. The van der Waals surface area contributed by atoms with E-state index in [4.69, 9.17) is 21.1 Å². The van der Waals surface area contributed by atoms with Crippen LogP contribution >= 0.6 is 38.9 Å². The summed E-state index contributed by atoms with van der Waals surface area (Å²) in [5, 5.41) is 13.5. The quantitative estimate of drug-likeness (QED) is 0.0882. The summed E-state index contributed by atoms with van der Waals surface area (Å²) in [6.07, 6.45) is 1.49. The molecule has 1 aromatic heterocycles. The molecule has 0 unspecified atom stereocenters. The van der Waals surface area contributed by atoms with E-state index in [9.17, 15) is 9.59 Å². The molecule has 0 aliphatic carbocycles. The molecule has 0 spiro atoms. The van der Waals surface area contributed by atoms with Gasteiger partial charge in [0.2, 0.25) is 0 Å². The Morgan fingerprint density at radius 2 is 1.78 bits per heavy atom. The molecule has 12 heteroatoms. The molecule has 0 fully saturated rings. The van der Waals surface area contributed by atoms with Crippen molar-refractivity contribution in [2.75, 3.05) is 23.8 Å². The topological polar surface area (TPSA) is 114 Å². The van der Waals surface area contributed by atoms with Gasteiger partial charge in [-0.15, -0.1) is 11.3 Å². The van der Waals surface area contributed by atoms with Crippen LogP contribution in [0.1, 0.15) is 28.4 Å². The minimum Gasteiger partial charge on any atom is -0.490 e. The number of carbonyl (C=O) groups is 2. The van der Waals surface area contributed by atoms with Gasteiger partial charge in [-0.05, 0) is 89.4 Å². The highest BCUT2D eigenvalue weighted by Gasteiger charge is 2.15. The van der Waals surface area contributed by atoms with Gasteiger partial charge in [-0.25, -0.2) is 10.4 Å². The Labute approximate surface area is 283 Å². The monoisotopic (exact) mass is 717 g/mol. The van der Waals surface area contributed by atoms with Gasteiger partial charge in [0.05, 0.1) is 23.0 Å². The number of nitrogens with zero attached hydrogens (tertiary/aromatic N) is 2. The van der Waals surface area contributed by atoms with Crippen molar-refractivity contribution < 1.29 is 19.1 Å². The first-order valence-corrected chi connectivity index (χ1v) is 16.2. The van der Waals surface area contributed by atoms with Crippen molar-refractivity contribution in [3.05, 3.63) is 116 Å². The average Bonchev–Trinajstić information content (AvgIpc) is 3.51. The molecule has 0 atom stereocenters. The van der Waals surface area contributed by atoms with E-state index < -0.39 is 0 Å². The zero-order valence-corrected chi connectivity index (χ0v) is 28.0. The fraction of sp³-hybridized carbons (Fsp3) is 0.118. The van der Waals surface area contributed by atoms with Gasteiger partial charge >= 0.3 is 0 Å². The van der Waals surface area contributed by atoms with E-state index in [0.717, 1.165) is 27.6 Å². The molecule has 4 aromatic carbocycles. The zero-order valence-electron chi connectivity index (χ0n) is 24.8. The van der Waals surface area contributed by atoms with Crippen LogP contribution in [0.2, 0.25) is 5.02 Å². The van der Waals surface area contributed by atoms with Gasteiger partial charge in [0, 0.05) is 32.9 Å². The third kappa shape index (κ3) is 8.72. The molecular weight excluding hydrogens is 690 g/mol. The zero-order chi connectivity index (χ0) is 32.5. The first kappa shape index (κ1) is 32.7. The number of thiazole rings is 1. The van der Waals surface area contributed by atoms with Crippen LogP contribution in [0.5, 0.6) is 11.5 Å². The minimum atomic E-state index is -0.363. The highest BCUT2D eigenvalue weighted by Crippen LogP contribution is 2.37. The number of carbonyl (C=O) groups excluding carboxylic acids is 2. The van der Waals surface area contributed by atoms with Crippen molar-refractivity contribution in [1.82, 2.24) is 10.4 Å². The molecule has 0 radical (unpaired) electrons. The second-order valence-corrected chi connectivity index (χ2v) is 12.0. The van der Waals surface area contributed by atoms with Crippen molar-refractivity contribution in [3.8, 4) is 22.8 Å². The normalized spacial score (nSPS) is 10.9. The number of nitrogens with one attached hydrogen (secondary N) is 3. The van der Waals surface area contributed by atoms with Gasteiger partial charge in [0.15, 0.2) is 23.2 Å². The lowest BCUT2D eigenvalue weighted by molar-refractivity contribution is -0.118. The maximum Gasteiger partial charge on any atom is 0.271 e. The van der Waals surface area contributed by atoms with Gasteiger partial charge in [0.1, 0.15) is 0 Å². The number of halogens is 2. The summed E-state index contributed by atoms with van der Waals surface area (Å²) < 4.78 is 12.1. The van der Waals surface area contributed by atoms with Crippen LogP contribution < -0.4 is 25.5 Å². The standard InChI is InChI=1S/C34H29BrClN5O4S/c1-3-44-30-16-22(15-27(35)32(30)45-19-31(42)38-26-14-9-21(2)28(36)17-26)18-37-41-33(43)24-12-10-23(11-13-24)29-20-46-34(40-29)39-25-7-5-4-6-8-25/h4-18,20H,3,19H2,1-2H3,(H,38,42)(H,39,40)(H,41,43)/b37-18+. The number of anilines is 3. The number of amides is 2. The summed E-state index contributed by atoms with van der Waals surface area (Å²) >= 11 is 11.1. The number of benzene rings is 4. The smallest absolute Gasteiger partial charge is 0.271 e. The molecule has 0 saturated carbocycles. The van der Waals surface area contributed by atoms with Crippen LogP contribution in [0.3, 0.4) is 0 Å². The van der Waals surface area contributed by atoms with Gasteiger partial charge in [-0.1, -0.05) is 48.0 Å². The SMILES string of the molecule is CCOc1cc(/C=N/NC(=O)c2ccc(-c3csc(Nc4ccccc4)n3)cc2)cc(Br)c1OCC(=O)Nc1ccc(C)c(Cl)c1. The summed E-state index contributed by atoms with van der Waals surface area (Å²) in [6, 6.07) is 25.7. The Kier molecular flexibility index (Phi) is 11.0. The van der Waals surface area contributed by atoms with Crippen molar-refractivity contribution >= 4 is 73.4 Å². The summed E-state index contributed by atoms with van der Waals surface area (Å²) in [5.74, 6) is 0.0587. The molecule has 9 nitrogen and oxygen atoms in total. The Balaban J connectivity index is 1.17. The number of hydrogen-bond acceptors (Lipinski definition) is 8. The Bertz CT molecular complexity index is 1870. The molecule has 0 aliphatic rings. The fourth-order valence-electron chi connectivity index (χ4n) is 4.20. The van der Waals surface area contributed by atoms with E-state index in [2.05, 4.69) is 42.1 Å². The van der Waals surface area contributed by atoms with Crippen LogP contribution in [0.15, 0.2) is 99.9 Å². The number of rotatable bonds is 12. The Morgan fingerprint density at radius 1 is 1.00 bits per heavy atom. The van der Waals surface area contributed by atoms with Crippen molar-refractivity contribution in [2.45, 2.75) is 13.8 Å². The van der Waals surface area contributed by atoms with E-state index in [1.165, 1.54) is 17.6 Å². The molecule has 234 valence electrons. The maximum absolute atomic E-state index is 12.7. The van der Waals surface area contributed by atoms with Crippen molar-refractivity contribution in [2.24, 2.45) is 5.10 Å². The molecule has 5 rings (SSSR count). The van der Waals surface area contributed by atoms with E-state index in [-0.39, 0.29) is 18.4 Å². The predicted molar refractivity (Wildman–Crippen MR) is 188 cm³/mol. The average molecular weight is 719 g/mol. The first-order valence-electron chi connectivity index (χ1n) is 14.2. The second kappa shape index (κ2) is 15.5. The van der Waals surface area contributed by atoms with E-state index in [0.29, 0.717) is 44.4 Å². The van der Waals surface area contributed by atoms with Crippen LogP contribution in [0.25, 0.3) is 11.3 Å². The van der Waals surface area contributed by atoms with E-state index in [1.54, 1.807) is 36.4 Å². The summed E-state index contributed by atoms with van der Waals surface area (Å²) in [6.45, 7) is 3.85. The molecule has 2 amide bonds. The second-order valence-electron chi connectivity index (χ2n) is 9.87. The van der Waals surface area contributed by atoms with E-state index in [1.807, 2.05) is 67.8 Å². The predicted octanol–water partition coefficient (Wildman–Crippen LogP) is 8.46. The Hall–Kier alpha value is -4.71. The van der Waals surface area contributed by atoms with E-state index >= 15 is 0 Å². The molecule has 1 heterocycles. The lowest BCUT2D eigenvalue weighted by Crippen LogP contribution is -2.20. The highest BCUT2D eigenvalue weighted by molar-refractivity contribution is 9.10. The molecule has 0 saturated heterocycles. The van der Waals surface area contributed by atoms with Crippen molar-refractivity contribution in [1.29, 1.82) is 0 Å². The minimum absolute atomic E-state index is 0.249.